The van der Waals surface area contributed by atoms with E-state index in [1.165, 1.54) is 0 Å². The van der Waals surface area contributed by atoms with E-state index in [2.05, 4.69) is 5.48 Å². The van der Waals surface area contributed by atoms with Crippen molar-refractivity contribution < 1.29 is 24.3 Å². The van der Waals surface area contributed by atoms with Gasteiger partial charge in [-0.15, -0.1) is 5.48 Å². The summed E-state index contributed by atoms with van der Waals surface area (Å²) < 4.78 is 5.42. The van der Waals surface area contributed by atoms with Crippen molar-refractivity contribution in [3.63, 3.8) is 0 Å². The summed E-state index contributed by atoms with van der Waals surface area (Å²) in [5.41, 5.74) is 5.66. The number of aliphatic carboxylic acids is 1. The van der Waals surface area contributed by atoms with Crippen LogP contribution in [0.5, 0.6) is 5.75 Å². The Morgan fingerprint density at radius 2 is 1.38 bits per heavy atom. The molecule has 0 bridgehead atoms. The first-order valence-corrected chi connectivity index (χ1v) is 11.0. The number of benzene rings is 4. The van der Waals surface area contributed by atoms with Gasteiger partial charge in [0.05, 0.1) is 12.0 Å². The summed E-state index contributed by atoms with van der Waals surface area (Å²) in [5.74, 6) is -1.60. The zero-order valence-electron chi connectivity index (χ0n) is 18.7. The minimum Gasteiger partial charge on any atom is -0.481 e. The zero-order valence-corrected chi connectivity index (χ0v) is 18.7. The lowest BCUT2D eigenvalue weighted by atomic mass is 9.94. The molecule has 0 amide bonds. The summed E-state index contributed by atoms with van der Waals surface area (Å²) in [5, 5.41) is 10.5. The second-order valence-corrected chi connectivity index (χ2v) is 7.90. The molecule has 0 fully saturated rings. The molecule has 4 aromatic rings. The Labute approximate surface area is 197 Å². The molecule has 34 heavy (non-hydrogen) atoms. The fraction of sp³-hybridized carbons (Fsp3) is 0.143. The van der Waals surface area contributed by atoms with Crippen LogP contribution in [0.15, 0.2) is 97.1 Å². The van der Waals surface area contributed by atoms with E-state index in [0.29, 0.717) is 5.75 Å². The number of hydroxylamine groups is 1. The Morgan fingerprint density at radius 3 is 2.00 bits per heavy atom. The molecule has 0 aliphatic carbocycles. The number of hydrogen-bond donors (Lipinski definition) is 2. The minimum absolute atomic E-state index is 0.318. The molecule has 4 aromatic carbocycles. The summed E-state index contributed by atoms with van der Waals surface area (Å²) in [6.45, 7) is 1.34. The molecular formula is C28H25NO5. The van der Waals surface area contributed by atoms with E-state index in [1.54, 1.807) is 19.1 Å². The van der Waals surface area contributed by atoms with E-state index < -0.39 is 24.5 Å². The lowest BCUT2D eigenvalue weighted by Gasteiger charge is -2.21. The summed E-state index contributed by atoms with van der Waals surface area (Å²) in [6.07, 6.45) is 0. The van der Waals surface area contributed by atoms with Crippen molar-refractivity contribution in [3.8, 4) is 5.75 Å². The summed E-state index contributed by atoms with van der Waals surface area (Å²) in [4.78, 5) is 29.6. The number of carboxylic acids is 1. The maximum absolute atomic E-state index is 13.1. The Hall–Kier alpha value is -4.16. The molecule has 0 aliphatic rings. The number of carbonyl (C=O) groups excluding carboxylic acids is 1. The van der Waals surface area contributed by atoms with Crippen LogP contribution in [0.4, 0.5) is 0 Å². The van der Waals surface area contributed by atoms with Crippen molar-refractivity contribution in [2.45, 2.75) is 18.9 Å². The predicted molar refractivity (Wildman–Crippen MR) is 129 cm³/mol. The predicted octanol–water partition coefficient (Wildman–Crippen LogP) is 5.24. The van der Waals surface area contributed by atoms with Crippen LogP contribution in [-0.4, -0.2) is 23.7 Å². The van der Waals surface area contributed by atoms with Crippen molar-refractivity contribution in [1.82, 2.24) is 5.48 Å². The lowest BCUT2D eigenvalue weighted by molar-refractivity contribution is -0.154. The van der Waals surface area contributed by atoms with E-state index in [-0.39, 0.29) is 6.04 Å². The van der Waals surface area contributed by atoms with Gasteiger partial charge < -0.3 is 14.7 Å². The Bertz CT molecular complexity index is 1230. The summed E-state index contributed by atoms with van der Waals surface area (Å²) in [7, 11) is 0. The average molecular weight is 456 g/mol. The maximum atomic E-state index is 13.1. The van der Waals surface area contributed by atoms with Crippen molar-refractivity contribution in [2.75, 3.05) is 6.61 Å². The first-order chi connectivity index (χ1) is 16.5. The Kier molecular flexibility index (Phi) is 7.20. The van der Waals surface area contributed by atoms with Crippen LogP contribution in [-0.2, 0) is 14.4 Å². The van der Waals surface area contributed by atoms with Gasteiger partial charge in [-0.3, -0.25) is 0 Å². The van der Waals surface area contributed by atoms with Crippen LogP contribution in [0.1, 0.15) is 35.6 Å². The van der Waals surface area contributed by atoms with E-state index in [0.717, 1.165) is 27.5 Å². The number of fused-ring (bicyclic) bond motifs is 1. The molecule has 4 rings (SSSR count). The van der Waals surface area contributed by atoms with Gasteiger partial charge >= 0.3 is 11.9 Å². The average Bonchev–Trinajstić information content (AvgIpc) is 2.88. The van der Waals surface area contributed by atoms with Gasteiger partial charge in [0.25, 0.3) is 0 Å². The smallest absolute Gasteiger partial charge is 0.341 e. The van der Waals surface area contributed by atoms with Crippen molar-refractivity contribution in [2.24, 2.45) is 0 Å². The third-order valence-electron chi connectivity index (χ3n) is 5.63. The van der Waals surface area contributed by atoms with Crippen LogP contribution in [0.3, 0.4) is 0 Å². The van der Waals surface area contributed by atoms with Crippen LogP contribution in [0.25, 0.3) is 10.8 Å². The van der Waals surface area contributed by atoms with E-state index in [9.17, 15) is 9.59 Å². The molecule has 1 atom stereocenters. The Morgan fingerprint density at radius 1 is 0.794 bits per heavy atom. The van der Waals surface area contributed by atoms with Crippen LogP contribution < -0.4 is 10.2 Å². The number of hydrogen-bond acceptors (Lipinski definition) is 5. The maximum Gasteiger partial charge on any atom is 0.341 e. The van der Waals surface area contributed by atoms with Gasteiger partial charge in [-0.25, -0.2) is 9.59 Å². The molecule has 0 aromatic heterocycles. The van der Waals surface area contributed by atoms with E-state index >= 15 is 0 Å². The number of nitrogens with one attached hydrogen (secondary N) is 1. The van der Waals surface area contributed by atoms with Gasteiger partial charge in [-0.05, 0) is 35.1 Å². The molecule has 172 valence electrons. The second kappa shape index (κ2) is 10.6. The van der Waals surface area contributed by atoms with Gasteiger partial charge in [0.2, 0.25) is 0 Å². The normalized spacial score (nSPS) is 11.8. The van der Waals surface area contributed by atoms with Gasteiger partial charge in [0.15, 0.2) is 6.61 Å². The van der Waals surface area contributed by atoms with Gasteiger partial charge in [0, 0.05) is 5.39 Å². The molecule has 2 N–H and O–H groups in total. The molecule has 6 nitrogen and oxygen atoms in total. The monoisotopic (exact) mass is 455 g/mol. The molecule has 0 heterocycles. The summed E-state index contributed by atoms with van der Waals surface area (Å²) in [6, 6.07) is 30.1. The number of carbonyl (C=O) groups is 2. The first-order valence-electron chi connectivity index (χ1n) is 11.0. The van der Waals surface area contributed by atoms with E-state index in [1.807, 2.05) is 84.9 Å². The standard InChI is InChI=1S/C28H25NO5/c1-19(22-14-8-16-24-23(22)15-9-17-25(24)33-18-26(30)31)28(32)34-29-27(20-10-4-2-5-11-20)21-12-6-3-7-13-21/h2-17,19,27,29H,18H2,1H3,(H,30,31). The van der Waals surface area contributed by atoms with Crippen molar-refractivity contribution in [3.05, 3.63) is 114 Å². The molecule has 0 spiro atoms. The minimum atomic E-state index is -1.05. The van der Waals surface area contributed by atoms with Crippen molar-refractivity contribution in [1.29, 1.82) is 0 Å². The van der Waals surface area contributed by atoms with Crippen LogP contribution >= 0.6 is 0 Å². The van der Waals surface area contributed by atoms with Crippen molar-refractivity contribution >= 4 is 22.7 Å². The third kappa shape index (κ3) is 5.24. The fourth-order valence-electron chi connectivity index (χ4n) is 3.90. The summed E-state index contributed by atoms with van der Waals surface area (Å²) >= 11 is 0. The highest BCUT2D eigenvalue weighted by Gasteiger charge is 2.23. The second-order valence-electron chi connectivity index (χ2n) is 7.90. The van der Waals surface area contributed by atoms with Crippen LogP contribution in [0.2, 0.25) is 0 Å². The Balaban J connectivity index is 1.55. The number of rotatable bonds is 9. The van der Waals surface area contributed by atoms with Gasteiger partial charge in [0.1, 0.15) is 5.75 Å². The number of ether oxygens (including phenoxy) is 1. The molecule has 0 saturated carbocycles. The lowest BCUT2D eigenvalue weighted by Crippen LogP contribution is -2.28. The van der Waals surface area contributed by atoms with E-state index in [4.69, 9.17) is 14.7 Å². The molecular weight excluding hydrogens is 430 g/mol. The van der Waals surface area contributed by atoms with Gasteiger partial charge in [-0.2, -0.15) is 0 Å². The highest BCUT2D eigenvalue weighted by Crippen LogP contribution is 2.32. The largest absolute Gasteiger partial charge is 0.481 e. The quantitative estimate of drug-likeness (QED) is 0.336. The third-order valence-corrected chi connectivity index (χ3v) is 5.63. The molecule has 0 saturated heterocycles. The molecule has 1 unspecified atom stereocenters. The van der Waals surface area contributed by atoms with Crippen LogP contribution in [0, 0.1) is 0 Å². The topological polar surface area (TPSA) is 84.9 Å². The first kappa shape index (κ1) is 23.0. The zero-order chi connectivity index (χ0) is 23.9. The van der Waals surface area contributed by atoms with Gasteiger partial charge in [-0.1, -0.05) is 91.0 Å². The highest BCUT2D eigenvalue weighted by atomic mass is 16.7. The highest BCUT2D eigenvalue weighted by molar-refractivity contribution is 5.94. The SMILES string of the molecule is CC(C(=O)ONC(c1ccccc1)c1ccccc1)c1cccc2c(OCC(=O)O)cccc12. The molecule has 6 heteroatoms. The number of carboxylic acid groups (broad SMARTS) is 1. The molecule has 0 aliphatic heterocycles. The fourth-order valence-corrected chi connectivity index (χ4v) is 3.90. The molecule has 0 radical (unpaired) electrons.